The molecule has 2 N–H and O–H groups in total. The fraction of sp³-hybridized carbons (Fsp3) is 0.273. The molecule has 0 aromatic heterocycles. The highest BCUT2D eigenvalue weighted by Gasteiger charge is 2.26. The first kappa shape index (κ1) is 12.4. The Morgan fingerprint density at radius 3 is 2.82 bits per heavy atom. The largest absolute Gasteiger partial charge is 0.330 e. The van der Waals surface area contributed by atoms with Gasteiger partial charge in [0.1, 0.15) is 0 Å². The number of hydrazone groups is 1. The van der Waals surface area contributed by atoms with E-state index in [0.717, 1.165) is 5.71 Å². The molecule has 0 spiro atoms. The van der Waals surface area contributed by atoms with Crippen molar-refractivity contribution in [2.45, 2.75) is 12.8 Å². The van der Waals surface area contributed by atoms with Crippen LogP contribution in [0.25, 0.3) is 0 Å². The van der Waals surface area contributed by atoms with Crippen LogP contribution in [0.4, 0.5) is 5.69 Å². The molecule has 0 fully saturated rings. The standard InChI is InChI=1S/C11H11Cl2N3O/c12-7-1-2-10(9(13)5-7)16-11(17)6-8(15-16)3-4-14/h1-2,5H,3-4,6,14H2. The SMILES string of the molecule is NCCC1=NN(c2ccc(Cl)cc2Cl)C(=O)C1. The Morgan fingerprint density at radius 2 is 2.18 bits per heavy atom. The number of amides is 1. The van der Waals surface area contributed by atoms with E-state index in [9.17, 15) is 4.79 Å². The average molecular weight is 272 g/mol. The molecule has 0 aliphatic carbocycles. The fourth-order valence-electron chi connectivity index (χ4n) is 1.63. The molecular formula is C11H11Cl2N3O. The van der Waals surface area contributed by atoms with Crippen LogP contribution in [0.2, 0.25) is 10.0 Å². The lowest BCUT2D eigenvalue weighted by molar-refractivity contribution is -0.116. The van der Waals surface area contributed by atoms with E-state index in [0.29, 0.717) is 35.1 Å². The average Bonchev–Trinajstić information content (AvgIpc) is 2.60. The number of rotatable bonds is 3. The molecule has 0 bridgehead atoms. The molecule has 1 amide bonds. The number of anilines is 1. The Kier molecular flexibility index (Phi) is 3.66. The molecule has 0 radical (unpaired) electrons. The monoisotopic (exact) mass is 271 g/mol. The Balaban J connectivity index is 2.30. The molecule has 6 heteroatoms. The van der Waals surface area contributed by atoms with Gasteiger partial charge in [0, 0.05) is 17.2 Å². The third-order valence-corrected chi connectivity index (χ3v) is 2.94. The van der Waals surface area contributed by atoms with Crippen molar-refractivity contribution < 1.29 is 4.79 Å². The third kappa shape index (κ3) is 2.60. The molecule has 0 unspecified atom stereocenters. The first-order chi connectivity index (χ1) is 8.11. The van der Waals surface area contributed by atoms with E-state index < -0.39 is 0 Å². The molecule has 0 atom stereocenters. The fourth-order valence-corrected chi connectivity index (χ4v) is 2.12. The zero-order valence-corrected chi connectivity index (χ0v) is 10.5. The van der Waals surface area contributed by atoms with Crippen molar-refractivity contribution in [2.75, 3.05) is 11.6 Å². The van der Waals surface area contributed by atoms with E-state index in [4.69, 9.17) is 28.9 Å². The summed E-state index contributed by atoms with van der Waals surface area (Å²) in [5.41, 5.74) is 6.76. The predicted molar refractivity (Wildman–Crippen MR) is 69.7 cm³/mol. The topological polar surface area (TPSA) is 58.7 Å². The van der Waals surface area contributed by atoms with Crippen LogP contribution in [0.15, 0.2) is 23.3 Å². The zero-order valence-electron chi connectivity index (χ0n) is 8.99. The summed E-state index contributed by atoms with van der Waals surface area (Å²) in [6.07, 6.45) is 0.920. The molecule has 1 heterocycles. The summed E-state index contributed by atoms with van der Waals surface area (Å²) in [6, 6.07) is 4.94. The molecule has 4 nitrogen and oxygen atoms in total. The van der Waals surface area contributed by atoms with Gasteiger partial charge in [-0.2, -0.15) is 10.1 Å². The maximum Gasteiger partial charge on any atom is 0.253 e. The molecule has 1 aliphatic heterocycles. The van der Waals surface area contributed by atoms with Crippen molar-refractivity contribution in [1.29, 1.82) is 0 Å². The molecule has 0 saturated carbocycles. The smallest absolute Gasteiger partial charge is 0.253 e. The molecule has 17 heavy (non-hydrogen) atoms. The van der Waals surface area contributed by atoms with Crippen molar-refractivity contribution in [1.82, 2.24) is 0 Å². The van der Waals surface area contributed by atoms with Crippen LogP contribution < -0.4 is 10.7 Å². The molecule has 1 aliphatic rings. The number of halogens is 2. The van der Waals surface area contributed by atoms with Gasteiger partial charge in [0.2, 0.25) is 0 Å². The van der Waals surface area contributed by atoms with Gasteiger partial charge in [0.15, 0.2) is 0 Å². The van der Waals surface area contributed by atoms with Crippen LogP contribution in [-0.2, 0) is 4.79 Å². The first-order valence-electron chi connectivity index (χ1n) is 5.16. The van der Waals surface area contributed by atoms with E-state index >= 15 is 0 Å². The van der Waals surface area contributed by atoms with Gasteiger partial charge in [-0.1, -0.05) is 23.2 Å². The first-order valence-corrected chi connectivity index (χ1v) is 5.92. The van der Waals surface area contributed by atoms with Crippen LogP contribution >= 0.6 is 23.2 Å². The van der Waals surface area contributed by atoms with Crippen molar-refractivity contribution in [3.63, 3.8) is 0 Å². The minimum atomic E-state index is -0.0994. The highest BCUT2D eigenvalue weighted by atomic mass is 35.5. The van der Waals surface area contributed by atoms with Crippen molar-refractivity contribution >= 4 is 40.5 Å². The maximum absolute atomic E-state index is 11.8. The van der Waals surface area contributed by atoms with Gasteiger partial charge >= 0.3 is 0 Å². The number of nitrogens with zero attached hydrogens (tertiary/aromatic N) is 2. The lowest BCUT2D eigenvalue weighted by Gasteiger charge is -2.13. The summed E-state index contributed by atoms with van der Waals surface area (Å²) in [4.78, 5) is 11.8. The van der Waals surface area contributed by atoms with Gasteiger partial charge in [-0.05, 0) is 24.7 Å². The van der Waals surface area contributed by atoms with Crippen LogP contribution in [0.5, 0.6) is 0 Å². The second kappa shape index (κ2) is 5.04. The number of hydrogen-bond donors (Lipinski definition) is 1. The Morgan fingerprint density at radius 1 is 1.41 bits per heavy atom. The summed E-state index contributed by atoms with van der Waals surface area (Å²) < 4.78 is 0. The normalized spacial score (nSPS) is 15.4. The van der Waals surface area contributed by atoms with E-state index in [1.54, 1.807) is 18.2 Å². The van der Waals surface area contributed by atoms with Gasteiger partial charge in [0.25, 0.3) is 5.91 Å². The van der Waals surface area contributed by atoms with E-state index in [-0.39, 0.29) is 5.91 Å². The highest BCUT2D eigenvalue weighted by molar-refractivity contribution is 6.37. The van der Waals surface area contributed by atoms with Gasteiger partial charge in [-0.25, -0.2) is 0 Å². The number of carbonyl (C=O) groups is 1. The molecule has 1 aromatic rings. The quantitative estimate of drug-likeness (QED) is 0.918. The summed E-state index contributed by atoms with van der Waals surface area (Å²) >= 11 is 11.8. The van der Waals surface area contributed by atoms with Crippen molar-refractivity contribution in [3.05, 3.63) is 28.2 Å². The zero-order chi connectivity index (χ0) is 12.4. The summed E-state index contributed by atoms with van der Waals surface area (Å²) in [6.45, 7) is 0.480. The minimum absolute atomic E-state index is 0.0994. The Hall–Kier alpha value is -1.10. The van der Waals surface area contributed by atoms with Crippen LogP contribution in [0.1, 0.15) is 12.8 Å². The maximum atomic E-state index is 11.8. The van der Waals surface area contributed by atoms with Gasteiger partial charge in [0.05, 0.1) is 17.1 Å². The lowest BCUT2D eigenvalue weighted by Crippen LogP contribution is -2.19. The van der Waals surface area contributed by atoms with E-state index in [2.05, 4.69) is 5.10 Å². The van der Waals surface area contributed by atoms with Crippen LogP contribution in [0.3, 0.4) is 0 Å². The second-order valence-electron chi connectivity index (χ2n) is 3.68. The van der Waals surface area contributed by atoms with Gasteiger partial charge in [-0.3, -0.25) is 4.79 Å². The number of nitrogens with two attached hydrogens (primary N) is 1. The van der Waals surface area contributed by atoms with Crippen LogP contribution in [-0.4, -0.2) is 18.2 Å². The minimum Gasteiger partial charge on any atom is -0.330 e. The Labute approximate surface area is 109 Å². The second-order valence-corrected chi connectivity index (χ2v) is 4.53. The molecule has 2 rings (SSSR count). The number of benzene rings is 1. The number of carbonyl (C=O) groups excluding carboxylic acids is 1. The molecule has 1 aromatic carbocycles. The van der Waals surface area contributed by atoms with Crippen molar-refractivity contribution in [3.8, 4) is 0 Å². The number of hydrogen-bond acceptors (Lipinski definition) is 3. The molecule has 0 saturated heterocycles. The molecule has 90 valence electrons. The molecular weight excluding hydrogens is 261 g/mol. The Bertz CT molecular complexity index is 488. The van der Waals surface area contributed by atoms with E-state index in [1.165, 1.54) is 5.01 Å². The highest BCUT2D eigenvalue weighted by Crippen LogP contribution is 2.31. The lowest BCUT2D eigenvalue weighted by atomic mass is 10.2. The van der Waals surface area contributed by atoms with Gasteiger partial charge in [-0.15, -0.1) is 0 Å². The third-order valence-electron chi connectivity index (χ3n) is 2.40. The van der Waals surface area contributed by atoms with Crippen LogP contribution in [0, 0.1) is 0 Å². The van der Waals surface area contributed by atoms with E-state index in [1.807, 2.05) is 0 Å². The summed E-state index contributed by atoms with van der Waals surface area (Å²) in [5.74, 6) is -0.0994. The summed E-state index contributed by atoms with van der Waals surface area (Å²) in [5, 5.41) is 6.45. The van der Waals surface area contributed by atoms with Crippen molar-refractivity contribution in [2.24, 2.45) is 10.8 Å². The summed E-state index contributed by atoms with van der Waals surface area (Å²) in [7, 11) is 0. The predicted octanol–water partition coefficient (Wildman–Crippen LogP) is 2.43. The van der Waals surface area contributed by atoms with Gasteiger partial charge < -0.3 is 5.73 Å².